The Bertz CT molecular complexity index is 1050. The summed E-state index contributed by atoms with van der Waals surface area (Å²) in [5.41, 5.74) is 3.23. The number of aryl methyl sites for hydroxylation is 1. The Labute approximate surface area is 183 Å². The van der Waals surface area contributed by atoms with Gasteiger partial charge in [0.05, 0.1) is 0 Å². The summed E-state index contributed by atoms with van der Waals surface area (Å²) in [6.07, 6.45) is 0. The van der Waals surface area contributed by atoms with E-state index in [0.717, 1.165) is 16.8 Å². The van der Waals surface area contributed by atoms with Crippen molar-refractivity contribution in [3.05, 3.63) is 89.5 Å². The quantitative estimate of drug-likeness (QED) is 0.423. The van der Waals surface area contributed by atoms with E-state index in [1.165, 1.54) is 0 Å². The third-order valence-electron chi connectivity index (χ3n) is 4.70. The highest BCUT2D eigenvalue weighted by atomic mass is 16.6. The lowest BCUT2D eigenvalue weighted by Crippen LogP contribution is -2.20. The Morgan fingerprint density at radius 1 is 0.871 bits per heavy atom. The highest BCUT2D eigenvalue weighted by Gasteiger charge is 2.19. The molecule has 5 nitrogen and oxygen atoms in total. The second kappa shape index (κ2) is 9.47. The van der Waals surface area contributed by atoms with Crippen LogP contribution in [0.3, 0.4) is 0 Å². The van der Waals surface area contributed by atoms with Crippen LogP contribution in [0.5, 0.6) is 11.5 Å². The fourth-order valence-electron chi connectivity index (χ4n) is 3.02. The monoisotopic (exact) mass is 417 g/mol. The van der Waals surface area contributed by atoms with Gasteiger partial charge in [-0.15, -0.1) is 0 Å². The van der Waals surface area contributed by atoms with E-state index in [4.69, 9.17) is 9.47 Å². The van der Waals surface area contributed by atoms with Crippen molar-refractivity contribution in [3.63, 3.8) is 0 Å². The molecule has 0 spiro atoms. The zero-order chi connectivity index (χ0) is 22.4. The lowest BCUT2D eigenvalue weighted by molar-refractivity contribution is -0.136. The summed E-state index contributed by atoms with van der Waals surface area (Å²) in [4.78, 5) is 24.6. The van der Waals surface area contributed by atoms with Gasteiger partial charge in [-0.1, -0.05) is 56.7 Å². The maximum absolute atomic E-state index is 12.4. The first-order valence-electron chi connectivity index (χ1n) is 10.1. The molecule has 0 saturated carbocycles. The van der Waals surface area contributed by atoms with Crippen LogP contribution in [0, 0.1) is 6.92 Å². The number of hydrogen-bond donors (Lipinski definition) is 1. The molecule has 3 rings (SSSR count). The summed E-state index contributed by atoms with van der Waals surface area (Å²) in [6.45, 7) is 8.04. The molecule has 0 aliphatic rings. The van der Waals surface area contributed by atoms with Gasteiger partial charge in [-0.3, -0.25) is 4.79 Å². The van der Waals surface area contributed by atoms with Crippen LogP contribution in [-0.2, 0) is 10.2 Å². The Hall–Kier alpha value is -3.60. The zero-order valence-corrected chi connectivity index (χ0v) is 18.3. The molecule has 0 aliphatic heterocycles. The molecule has 0 aromatic heterocycles. The highest BCUT2D eigenvalue weighted by Crippen LogP contribution is 2.30. The lowest BCUT2D eigenvalue weighted by Gasteiger charge is -2.22. The van der Waals surface area contributed by atoms with Gasteiger partial charge in [0.2, 0.25) is 0 Å². The van der Waals surface area contributed by atoms with Gasteiger partial charge in [0, 0.05) is 11.3 Å². The van der Waals surface area contributed by atoms with Crippen molar-refractivity contribution in [1.29, 1.82) is 0 Å². The molecule has 0 atom stereocenters. The van der Waals surface area contributed by atoms with E-state index in [2.05, 4.69) is 26.1 Å². The van der Waals surface area contributed by atoms with Gasteiger partial charge in [-0.2, -0.15) is 0 Å². The molecule has 3 aromatic carbocycles. The minimum atomic E-state index is -0.513. The maximum atomic E-state index is 12.4. The summed E-state index contributed by atoms with van der Waals surface area (Å²) < 4.78 is 11.0. The van der Waals surface area contributed by atoms with Crippen LogP contribution in [0.25, 0.3) is 0 Å². The molecule has 31 heavy (non-hydrogen) atoms. The Morgan fingerprint density at radius 2 is 1.52 bits per heavy atom. The van der Waals surface area contributed by atoms with Crippen molar-refractivity contribution in [2.75, 3.05) is 11.9 Å². The number of anilines is 1. The number of carbonyl (C=O) groups is 2. The first-order valence-corrected chi connectivity index (χ1v) is 10.1. The fraction of sp³-hybridized carbons (Fsp3) is 0.231. The molecule has 5 heteroatoms. The second-order valence-corrected chi connectivity index (χ2v) is 8.35. The van der Waals surface area contributed by atoms with Crippen molar-refractivity contribution in [2.24, 2.45) is 0 Å². The molecule has 0 heterocycles. The first kappa shape index (κ1) is 22.1. The average Bonchev–Trinajstić information content (AvgIpc) is 2.74. The molecular weight excluding hydrogens is 390 g/mol. The van der Waals surface area contributed by atoms with Gasteiger partial charge in [0.15, 0.2) is 6.61 Å². The predicted octanol–water partition coefficient (Wildman–Crippen LogP) is 5.53. The molecule has 1 N–H and O–H groups in total. The molecule has 0 radical (unpaired) electrons. The normalized spacial score (nSPS) is 11.0. The van der Waals surface area contributed by atoms with Gasteiger partial charge in [0.1, 0.15) is 11.5 Å². The molecule has 0 unspecified atom stereocenters. The molecule has 0 bridgehead atoms. The van der Waals surface area contributed by atoms with Gasteiger partial charge < -0.3 is 14.8 Å². The predicted molar refractivity (Wildman–Crippen MR) is 122 cm³/mol. The number of ether oxygens (including phenoxy) is 2. The van der Waals surface area contributed by atoms with Crippen LogP contribution in [0.4, 0.5) is 5.69 Å². The summed E-state index contributed by atoms with van der Waals surface area (Å²) in [5.74, 6) is 0.268. The number of para-hydroxylation sites is 1. The second-order valence-electron chi connectivity index (χ2n) is 8.35. The minimum Gasteiger partial charge on any atom is -0.482 e. The van der Waals surface area contributed by atoms with Crippen molar-refractivity contribution < 1.29 is 19.1 Å². The molecule has 0 aliphatic carbocycles. The number of hydrogen-bond acceptors (Lipinski definition) is 4. The van der Waals surface area contributed by atoms with Crippen LogP contribution in [0.15, 0.2) is 72.8 Å². The summed E-state index contributed by atoms with van der Waals surface area (Å²) in [7, 11) is 0. The summed E-state index contributed by atoms with van der Waals surface area (Å²) >= 11 is 0. The number of esters is 1. The van der Waals surface area contributed by atoms with Crippen LogP contribution >= 0.6 is 0 Å². The first-order chi connectivity index (χ1) is 14.7. The van der Waals surface area contributed by atoms with E-state index in [0.29, 0.717) is 17.1 Å². The Balaban J connectivity index is 1.56. The lowest BCUT2D eigenvalue weighted by atomic mass is 9.86. The van der Waals surface area contributed by atoms with Crippen molar-refractivity contribution in [2.45, 2.75) is 33.1 Å². The van der Waals surface area contributed by atoms with Gasteiger partial charge >= 0.3 is 5.97 Å². The van der Waals surface area contributed by atoms with Crippen molar-refractivity contribution >= 4 is 17.6 Å². The fourth-order valence-corrected chi connectivity index (χ4v) is 3.02. The van der Waals surface area contributed by atoms with E-state index in [-0.39, 0.29) is 17.9 Å². The summed E-state index contributed by atoms with van der Waals surface area (Å²) in [5, 5.41) is 2.83. The van der Waals surface area contributed by atoms with Crippen LogP contribution in [0.2, 0.25) is 0 Å². The number of amides is 1. The number of nitrogens with one attached hydrogen (secondary N) is 1. The van der Waals surface area contributed by atoms with Crippen LogP contribution in [0.1, 0.15) is 42.3 Å². The van der Waals surface area contributed by atoms with Crippen molar-refractivity contribution in [1.82, 2.24) is 0 Å². The highest BCUT2D eigenvalue weighted by molar-refractivity contribution is 6.04. The van der Waals surface area contributed by atoms with E-state index in [1.807, 2.05) is 55.5 Å². The Kier molecular flexibility index (Phi) is 6.75. The van der Waals surface area contributed by atoms with Gasteiger partial charge in [-0.05, 0) is 60.4 Å². The Morgan fingerprint density at radius 3 is 2.16 bits per heavy atom. The smallest absolute Gasteiger partial charge is 0.349 e. The van der Waals surface area contributed by atoms with Crippen molar-refractivity contribution in [3.8, 4) is 11.5 Å². The van der Waals surface area contributed by atoms with Gasteiger partial charge in [0.25, 0.3) is 5.91 Å². The number of rotatable bonds is 6. The average molecular weight is 418 g/mol. The maximum Gasteiger partial charge on any atom is 0.349 e. The zero-order valence-electron chi connectivity index (χ0n) is 18.3. The van der Waals surface area contributed by atoms with Gasteiger partial charge in [-0.25, -0.2) is 4.79 Å². The third-order valence-corrected chi connectivity index (χ3v) is 4.70. The standard InChI is InChI=1S/C26H27NO4/c1-18-9-13-20(14-10-18)27-25(29)19-11-15-21(16-12-19)31-24(28)17-30-23-8-6-5-7-22(23)26(2,3)4/h5-16H,17H2,1-4H3,(H,27,29). The molecule has 1 amide bonds. The minimum absolute atomic E-state index is 0.102. The third kappa shape index (κ3) is 6.19. The van der Waals surface area contributed by atoms with E-state index >= 15 is 0 Å². The molecule has 160 valence electrons. The molecule has 3 aromatic rings. The molecule has 0 fully saturated rings. The van der Waals surface area contributed by atoms with Crippen LogP contribution in [-0.4, -0.2) is 18.5 Å². The topological polar surface area (TPSA) is 64.6 Å². The molecule has 0 saturated heterocycles. The largest absolute Gasteiger partial charge is 0.482 e. The van der Waals surface area contributed by atoms with E-state index in [9.17, 15) is 9.59 Å². The van der Waals surface area contributed by atoms with Crippen LogP contribution < -0.4 is 14.8 Å². The molecular formula is C26H27NO4. The number of benzene rings is 3. The van der Waals surface area contributed by atoms with E-state index in [1.54, 1.807) is 24.3 Å². The number of carbonyl (C=O) groups excluding carboxylic acids is 2. The van der Waals surface area contributed by atoms with E-state index < -0.39 is 5.97 Å². The summed E-state index contributed by atoms with van der Waals surface area (Å²) in [6, 6.07) is 21.6. The SMILES string of the molecule is Cc1ccc(NC(=O)c2ccc(OC(=O)COc3ccccc3C(C)(C)C)cc2)cc1.